The second-order valence-electron chi connectivity index (χ2n) is 6.95. The van der Waals surface area contributed by atoms with E-state index in [0.717, 1.165) is 0 Å². The zero-order chi connectivity index (χ0) is 15.8. The number of aliphatic carboxylic acids is 1. The van der Waals surface area contributed by atoms with E-state index < -0.39 is 28.7 Å². The maximum absolute atomic E-state index is 12.1. The molecule has 1 aliphatic heterocycles. The van der Waals surface area contributed by atoms with Gasteiger partial charge in [0.1, 0.15) is 11.0 Å². The zero-order valence-electron chi connectivity index (χ0n) is 12.9. The molecule has 1 aliphatic rings. The topological polar surface area (TPSA) is 87.1 Å². The summed E-state index contributed by atoms with van der Waals surface area (Å²) in [5.41, 5.74) is -3.41. The molecule has 0 saturated carbocycles. The molecule has 0 aliphatic carbocycles. The monoisotopic (exact) mass is 287 g/mol. The normalized spacial score (nSPS) is 24.4. The third-order valence-corrected chi connectivity index (χ3v) is 3.72. The molecule has 1 heterocycles. The molecule has 1 amide bonds. The minimum absolute atomic E-state index is 0.0409. The minimum atomic E-state index is -1.42. The van der Waals surface area contributed by atoms with Gasteiger partial charge in [0, 0.05) is 13.1 Å². The van der Waals surface area contributed by atoms with Gasteiger partial charge in [0.15, 0.2) is 0 Å². The van der Waals surface area contributed by atoms with E-state index >= 15 is 0 Å². The van der Waals surface area contributed by atoms with Crippen molar-refractivity contribution in [1.29, 1.82) is 0 Å². The van der Waals surface area contributed by atoms with Crippen LogP contribution in [0.3, 0.4) is 0 Å². The largest absolute Gasteiger partial charge is 0.481 e. The van der Waals surface area contributed by atoms with Gasteiger partial charge in [-0.1, -0.05) is 0 Å². The molecule has 20 heavy (non-hydrogen) atoms. The highest BCUT2D eigenvalue weighted by atomic mass is 16.6. The molecule has 6 nitrogen and oxygen atoms in total. The van der Waals surface area contributed by atoms with Gasteiger partial charge in [-0.3, -0.25) is 4.79 Å². The van der Waals surface area contributed by atoms with Gasteiger partial charge < -0.3 is 19.8 Å². The molecule has 2 N–H and O–H groups in total. The summed E-state index contributed by atoms with van der Waals surface area (Å²) in [5.74, 6) is -1.08. The van der Waals surface area contributed by atoms with Crippen molar-refractivity contribution in [2.45, 2.75) is 58.7 Å². The third-order valence-electron chi connectivity index (χ3n) is 3.72. The van der Waals surface area contributed by atoms with Gasteiger partial charge >= 0.3 is 12.1 Å². The summed E-state index contributed by atoms with van der Waals surface area (Å²) in [7, 11) is 0. The quantitative estimate of drug-likeness (QED) is 0.809. The van der Waals surface area contributed by atoms with Crippen molar-refractivity contribution in [1.82, 2.24) is 4.90 Å². The molecule has 1 atom stereocenters. The first-order valence-corrected chi connectivity index (χ1v) is 6.83. The van der Waals surface area contributed by atoms with Crippen LogP contribution >= 0.6 is 0 Å². The average Bonchev–Trinajstić information content (AvgIpc) is 2.25. The number of nitrogens with zero attached hydrogens (tertiary/aromatic N) is 1. The van der Waals surface area contributed by atoms with Crippen molar-refractivity contribution in [2.24, 2.45) is 5.41 Å². The predicted molar refractivity (Wildman–Crippen MR) is 73.4 cm³/mol. The lowest BCUT2D eigenvalue weighted by Gasteiger charge is -2.46. The number of amides is 1. The molecular weight excluding hydrogens is 262 g/mol. The number of carbonyl (C=O) groups is 2. The summed E-state index contributed by atoms with van der Waals surface area (Å²) in [6.45, 7) is 8.63. The molecule has 0 radical (unpaired) electrons. The van der Waals surface area contributed by atoms with E-state index in [1.54, 1.807) is 20.8 Å². The standard InChI is InChI=1S/C14H25NO5/c1-12(2,3)20-11(18)15-8-6-7-14(9-15,10(16)17)13(4,5)19/h19H,6-9H2,1-5H3,(H,16,17)/t14-/m1/s1. The highest BCUT2D eigenvalue weighted by Crippen LogP contribution is 2.40. The van der Waals surface area contributed by atoms with Crippen LogP contribution in [-0.2, 0) is 9.53 Å². The SMILES string of the molecule is CC(C)(C)OC(=O)N1CCC[C@@](C(=O)O)(C(C)(C)O)C1. The molecule has 0 aromatic heterocycles. The predicted octanol–water partition coefficient (Wildman–Crippen LogP) is 1.86. The highest BCUT2D eigenvalue weighted by Gasteiger charge is 2.54. The minimum Gasteiger partial charge on any atom is -0.481 e. The van der Waals surface area contributed by atoms with E-state index in [1.807, 2.05) is 0 Å². The summed E-state index contributed by atoms with van der Waals surface area (Å²) >= 11 is 0. The van der Waals surface area contributed by atoms with Gasteiger partial charge in [-0.15, -0.1) is 0 Å². The number of rotatable bonds is 2. The number of hydrogen-bond donors (Lipinski definition) is 2. The summed E-state index contributed by atoms with van der Waals surface area (Å²) < 4.78 is 5.28. The molecular formula is C14H25NO5. The Bertz CT molecular complexity index is 393. The lowest BCUT2D eigenvalue weighted by Crippen LogP contribution is -2.60. The summed E-state index contributed by atoms with van der Waals surface area (Å²) in [4.78, 5) is 25.1. The van der Waals surface area contributed by atoms with E-state index in [-0.39, 0.29) is 6.54 Å². The van der Waals surface area contributed by atoms with Crippen LogP contribution in [0, 0.1) is 5.41 Å². The molecule has 116 valence electrons. The maximum Gasteiger partial charge on any atom is 0.410 e. The molecule has 1 fully saturated rings. The second-order valence-corrected chi connectivity index (χ2v) is 6.95. The average molecular weight is 287 g/mol. The number of aliphatic hydroxyl groups is 1. The van der Waals surface area contributed by atoms with Crippen molar-refractivity contribution in [3.05, 3.63) is 0 Å². The van der Waals surface area contributed by atoms with Gasteiger partial charge in [-0.05, 0) is 47.5 Å². The fourth-order valence-corrected chi connectivity index (χ4v) is 2.47. The fraction of sp³-hybridized carbons (Fsp3) is 0.857. The molecule has 0 bridgehead atoms. The number of carbonyl (C=O) groups excluding carboxylic acids is 1. The smallest absolute Gasteiger partial charge is 0.410 e. The lowest BCUT2D eigenvalue weighted by atomic mass is 9.68. The number of hydrogen-bond acceptors (Lipinski definition) is 4. The number of piperidine rings is 1. The summed E-state index contributed by atoms with van der Waals surface area (Å²) in [6, 6.07) is 0. The first-order valence-electron chi connectivity index (χ1n) is 6.83. The number of likely N-dealkylation sites (tertiary alicyclic amines) is 1. The van der Waals surface area contributed by atoms with Crippen molar-refractivity contribution >= 4 is 12.1 Å². The maximum atomic E-state index is 12.1. The van der Waals surface area contributed by atoms with Crippen molar-refractivity contribution in [3.63, 3.8) is 0 Å². The van der Waals surface area contributed by atoms with E-state index in [2.05, 4.69) is 0 Å². The van der Waals surface area contributed by atoms with Crippen LogP contribution in [0.1, 0.15) is 47.5 Å². The Morgan fingerprint density at radius 2 is 1.75 bits per heavy atom. The van der Waals surface area contributed by atoms with E-state index in [9.17, 15) is 19.8 Å². The highest BCUT2D eigenvalue weighted by molar-refractivity contribution is 5.78. The molecule has 1 rings (SSSR count). The summed E-state index contributed by atoms with van der Waals surface area (Å²) in [6.07, 6.45) is 0.327. The van der Waals surface area contributed by atoms with Gasteiger partial charge in [-0.25, -0.2) is 4.79 Å². The van der Waals surface area contributed by atoms with E-state index in [4.69, 9.17) is 4.74 Å². The van der Waals surface area contributed by atoms with Gasteiger partial charge in [0.25, 0.3) is 0 Å². The number of carboxylic acid groups (broad SMARTS) is 1. The first kappa shape index (κ1) is 16.8. The summed E-state index contributed by atoms with van der Waals surface area (Å²) in [5, 5.41) is 19.8. The van der Waals surface area contributed by atoms with Crippen molar-refractivity contribution in [2.75, 3.05) is 13.1 Å². The van der Waals surface area contributed by atoms with Gasteiger partial charge in [0.2, 0.25) is 0 Å². The van der Waals surface area contributed by atoms with Crippen LogP contribution in [0.5, 0.6) is 0 Å². The van der Waals surface area contributed by atoms with Crippen LogP contribution in [-0.4, -0.2) is 51.5 Å². The van der Waals surface area contributed by atoms with Crippen LogP contribution in [0.2, 0.25) is 0 Å². The Morgan fingerprint density at radius 1 is 1.20 bits per heavy atom. The van der Waals surface area contributed by atoms with E-state index in [1.165, 1.54) is 18.7 Å². The van der Waals surface area contributed by atoms with Crippen molar-refractivity contribution in [3.8, 4) is 0 Å². The number of carboxylic acids is 1. The molecule has 0 unspecified atom stereocenters. The molecule has 0 aromatic rings. The zero-order valence-corrected chi connectivity index (χ0v) is 12.9. The Labute approximate surface area is 119 Å². The van der Waals surface area contributed by atoms with Crippen LogP contribution in [0.4, 0.5) is 4.79 Å². The van der Waals surface area contributed by atoms with Gasteiger partial charge in [-0.2, -0.15) is 0 Å². The third kappa shape index (κ3) is 3.42. The second kappa shape index (κ2) is 5.24. The lowest BCUT2D eigenvalue weighted by molar-refractivity contribution is -0.172. The Hall–Kier alpha value is -1.30. The fourth-order valence-electron chi connectivity index (χ4n) is 2.47. The first-order chi connectivity index (χ1) is 8.89. The Balaban J connectivity index is 2.95. The molecule has 1 saturated heterocycles. The molecule has 6 heteroatoms. The number of ether oxygens (including phenoxy) is 1. The molecule has 0 spiro atoms. The Morgan fingerprint density at radius 3 is 2.15 bits per heavy atom. The van der Waals surface area contributed by atoms with Crippen LogP contribution in [0.25, 0.3) is 0 Å². The van der Waals surface area contributed by atoms with Crippen molar-refractivity contribution < 1.29 is 24.5 Å². The van der Waals surface area contributed by atoms with Crippen LogP contribution in [0.15, 0.2) is 0 Å². The molecule has 0 aromatic carbocycles. The van der Waals surface area contributed by atoms with Crippen LogP contribution < -0.4 is 0 Å². The Kier molecular flexibility index (Phi) is 4.39. The van der Waals surface area contributed by atoms with Gasteiger partial charge in [0.05, 0.1) is 5.60 Å². The van der Waals surface area contributed by atoms with E-state index in [0.29, 0.717) is 19.4 Å².